The van der Waals surface area contributed by atoms with Crippen LogP contribution in [-0.2, 0) is 6.42 Å². The lowest BCUT2D eigenvalue weighted by molar-refractivity contribution is 0.628. The van der Waals surface area contributed by atoms with Crippen molar-refractivity contribution in [3.05, 3.63) is 34.4 Å². The van der Waals surface area contributed by atoms with Crippen molar-refractivity contribution in [1.82, 2.24) is 4.98 Å². The summed E-state index contributed by atoms with van der Waals surface area (Å²) in [6.45, 7) is 0.883. The van der Waals surface area contributed by atoms with Gasteiger partial charge in [-0.25, -0.2) is 9.37 Å². The molecule has 1 aromatic carbocycles. The van der Waals surface area contributed by atoms with Gasteiger partial charge in [0.15, 0.2) is 0 Å². The SMILES string of the molecule is Fc1ccc2c(c1)-c1ncsc1CCN2. The number of aromatic nitrogens is 1. The van der Waals surface area contributed by atoms with E-state index < -0.39 is 0 Å². The van der Waals surface area contributed by atoms with E-state index in [0.29, 0.717) is 0 Å². The normalized spacial score (nSPS) is 13.7. The Bertz CT molecular complexity index is 507. The largest absolute Gasteiger partial charge is 0.384 e. The van der Waals surface area contributed by atoms with Crippen LogP contribution in [0.4, 0.5) is 10.1 Å². The van der Waals surface area contributed by atoms with Gasteiger partial charge < -0.3 is 5.32 Å². The Morgan fingerprint density at radius 1 is 1.40 bits per heavy atom. The smallest absolute Gasteiger partial charge is 0.124 e. The Morgan fingerprint density at radius 3 is 3.27 bits per heavy atom. The van der Waals surface area contributed by atoms with E-state index in [-0.39, 0.29) is 5.82 Å². The highest BCUT2D eigenvalue weighted by molar-refractivity contribution is 7.10. The molecule has 1 aromatic heterocycles. The van der Waals surface area contributed by atoms with E-state index in [0.717, 1.165) is 29.9 Å². The second kappa shape index (κ2) is 3.31. The Hall–Kier alpha value is -1.42. The number of hydrogen-bond acceptors (Lipinski definition) is 3. The number of benzene rings is 1. The first-order chi connectivity index (χ1) is 7.34. The highest BCUT2D eigenvalue weighted by Gasteiger charge is 2.16. The van der Waals surface area contributed by atoms with Crippen LogP contribution in [0.15, 0.2) is 23.7 Å². The molecule has 0 radical (unpaired) electrons. The number of hydrogen-bond donors (Lipinski definition) is 1. The molecule has 1 aliphatic rings. The highest BCUT2D eigenvalue weighted by Crippen LogP contribution is 2.34. The molecule has 0 aliphatic carbocycles. The number of nitrogens with one attached hydrogen (secondary N) is 1. The van der Waals surface area contributed by atoms with Crippen molar-refractivity contribution in [2.24, 2.45) is 0 Å². The minimum absolute atomic E-state index is 0.212. The van der Waals surface area contributed by atoms with E-state index in [2.05, 4.69) is 10.3 Å². The van der Waals surface area contributed by atoms with Crippen molar-refractivity contribution in [3.8, 4) is 11.3 Å². The lowest BCUT2D eigenvalue weighted by Crippen LogP contribution is -2.01. The second-order valence-corrected chi connectivity index (χ2v) is 4.43. The monoisotopic (exact) mass is 220 g/mol. The van der Waals surface area contributed by atoms with E-state index >= 15 is 0 Å². The first-order valence-electron chi connectivity index (χ1n) is 4.81. The second-order valence-electron chi connectivity index (χ2n) is 3.49. The zero-order valence-electron chi connectivity index (χ0n) is 7.96. The molecule has 0 bridgehead atoms. The van der Waals surface area contributed by atoms with Gasteiger partial charge in [0, 0.05) is 29.1 Å². The molecule has 2 nitrogen and oxygen atoms in total. The summed E-state index contributed by atoms with van der Waals surface area (Å²) >= 11 is 1.63. The van der Waals surface area contributed by atoms with Gasteiger partial charge in [0.25, 0.3) is 0 Å². The molecule has 15 heavy (non-hydrogen) atoms. The third-order valence-corrected chi connectivity index (χ3v) is 3.44. The zero-order valence-corrected chi connectivity index (χ0v) is 8.77. The van der Waals surface area contributed by atoms with Crippen LogP contribution in [0.5, 0.6) is 0 Å². The quantitative estimate of drug-likeness (QED) is 0.738. The van der Waals surface area contributed by atoms with Gasteiger partial charge >= 0.3 is 0 Å². The van der Waals surface area contributed by atoms with E-state index in [1.165, 1.54) is 10.9 Å². The van der Waals surface area contributed by atoms with Gasteiger partial charge in [-0.05, 0) is 18.2 Å². The predicted molar refractivity (Wildman–Crippen MR) is 59.7 cm³/mol. The van der Waals surface area contributed by atoms with Crippen LogP contribution in [0, 0.1) is 5.82 Å². The molecule has 0 fully saturated rings. The molecule has 0 atom stereocenters. The molecule has 0 saturated heterocycles. The summed E-state index contributed by atoms with van der Waals surface area (Å²) in [5, 5.41) is 3.29. The molecule has 2 aromatic rings. The molecular weight excluding hydrogens is 211 g/mol. The maximum Gasteiger partial charge on any atom is 0.124 e. The van der Waals surface area contributed by atoms with Gasteiger partial charge in [-0.2, -0.15) is 0 Å². The van der Waals surface area contributed by atoms with Gasteiger partial charge in [-0.1, -0.05) is 0 Å². The Labute approximate surface area is 90.8 Å². The maximum absolute atomic E-state index is 13.2. The van der Waals surface area contributed by atoms with Crippen molar-refractivity contribution in [2.45, 2.75) is 6.42 Å². The summed E-state index contributed by atoms with van der Waals surface area (Å²) in [5.74, 6) is -0.212. The van der Waals surface area contributed by atoms with Crippen LogP contribution < -0.4 is 5.32 Å². The Kier molecular flexibility index (Phi) is 1.95. The van der Waals surface area contributed by atoms with Crippen LogP contribution in [0.1, 0.15) is 4.88 Å². The molecule has 0 spiro atoms. The first kappa shape index (κ1) is 8.85. The number of thiazole rings is 1. The van der Waals surface area contributed by atoms with Crippen molar-refractivity contribution in [1.29, 1.82) is 0 Å². The summed E-state index contributed by atoms with van der Waals surface area (Å²) < 4.78 is 13.2. The average Bonchev–Trinajstić information content (AvgIpc) is 2.62. The summed E-state index contributed by atoms with van der Waals surface area (Å²) in [6.07, 6.45) is 0.955. The van der Waals surface area contributed by atoms with Crippen LogP contribution in [0.3, 0.4) is 0 Å². The molecule has 0 unspecified atom stereocenters. The van der Waals surface area contributed by atoms with Crippen molar-refractivity contribution < 1.29 is 4.39 Å². The zero-order chi connectivity index (χ0) is 10.3. The van der Waals surface area contributed by atoms with Crippen LogP contribution in [0.25, 0.3) is 11.3 Å². The Balaban J connectivity index is 2.27. The number of rotatable bonds is 0. The fourth-order valence-corrected chi connectivity index (χ4v) is 2.62. The van der Waals surface area contributed by atoms with Crippen molar-refractivity contribution >= 4 is 17.0 Å². The number of nitrogens with zero attached hydrogens (tertiary/aromatic N) is 1. The fourth-order valence-electron chi connectivity index (χ4n) is 1.84. The standard InChI is InChI=1S/C11H9FN2S/c12-7-1-2-9-8(5-7)11-10(3-4-13-9)15-6-14-11/h1-2,5-6,13H,3-4H2. The molecule has 3 rings (SSSR count). The maximum atomic E-state index is 13.2. The Morgan fingerprint density at radius 2 is 2.33 bits per heavy atom. The van der Waals surface area contributed by atoms with E-state index in [9.17, 15) is 4.39 Å². The van der Waals surface area contributed by atoms with Gasteiger partial charge in [-0.3, -0.25) is 0 Å². The predicted octanol–water partition coefficient (Wildman–Crippen LogP) is 2.92. The highest BCUT2D eigenvalue weighted by atomic mass is 32.1. The fraction of sp³-hybridized carbons (Fsp3) is 0.182. The lowest BCUT2D eigenvalue weighted by Gasteiger charge is -2.06. The van der Waals surface area contributed by atoms with Gasteiger partial charge in [0.05, 0.1) is 11.2 Å². The summed E-state index contributed by atoms with van der Waals surface area (Å²) in [5.41, 5.74) is 4.61. The van der Waals surface area contributed by atoms with Crippen LogP contribution in [0.2, 0.25) is 0 Å². The molecule has 0 amide bonds. The molecule has 1 aliphatic heterocycles. The lowest BCUT2D eigenvalue weighted by atomic mass is 10.1. The average molecular weight is 220 g/mol. The van der Waals surface area contributed by atoms with Crippen LogP contribution >= 0.6 is 11.3 Å². The molecule has 76 valence electrons. The van der Waals surface area contributed by atoms with Crippen LogP contribution in [-0.4, -0.2) is 11.5 Å². The number of fused-ring (bicyclic) bond motifs is 3. The molecule has 2 heterocycles. The molecule has 1 N–H and O–H groups in total. The minimum atomic E-state index is -0.212. The summed E-state index contributed by atoms with van der Waals surface area (Å²) in [4.78, 5) is 5.54. The summed E-state index contributed by atoms with van der Waals surface area (Å²) in [7, 11) is 0. The van der Waals surface area contributed by atoms with Crippen molar-refractivity contribution in [2.75, 3.05) is 11.9 Å². The summed E-state index contributed by atoms with van der Waals surface area (Å²) in [6, 6.07) is 4.80. The number of halogens is 1. The van der Waals surface area contributed by atoms with Gasteiger partial charge in [0.2, 0.25) is 0 Å². The minimum Gasteiger partial charge on any atom is -0.384 e. The number of anilines is 1. The first-order valence-corrected chi connectivity index (χ1v) is 5.69. The molecule has 4 heteroatoms. The van der Waals surface area contributed by atoms with E-state index in [4.69, 9.17) is 0 Å². The molecular formula is C11H9FN2S. The van der Waals surface area contributed by atoms with Gasteiger partial charge in [-0.15, -0.1) is 11.3 Å². The topological polar surface area (TPSA) is 24.9 Å². The third-order valence-electron chi connectivity index (χ3n) is 2.55. The molecule has 0 saturated carbocycles. The van der Waals surface area contributed by atoms with E-state index in [1.807, 2.05) is 5.51 Å². The van der Waals surface area contributed by atoms with Crippen molar-refractivity contribution in [3.63, 3.8) is 0 Å². The van der Waals surface area contributed by atoms with Gasteiger partial charge in [0.1, 0.15) is 5.82 Å². The third kappa shape index (κ3) is 1.41. The van der Waals surface area contributed by atoms with E-state index in [1.54, 1.807) is 23.5 Å².